The molecule has 1 unspecified atom stereocenters. The molecule has 0 spiro atoms. The van der Waals surface area contributed by atoms with Gasteiger partial charge in [0, 0.05) is 18.0 Å². The van der Waals surface area contributed by atoms with E-state index in [4.69, 9.17) is 4.74 Å². The van der Waals surface area contributed by atoms with Crippen molar-refractivity contribution in [2.75, 3.05) is 7.11 Å². The fourth-order valence-electron chi connectivity index (χ4n) is 2.22. The lowest BCUT2D eigenvalue weighted by molar-refractivity contribution is -0.145. The van der Waals surface area contributed by atoms with Crippen LogP contribution in [-0.4, -0.2) is 23.8 Å². The molecule has 2 rings (SSSR count). The average Bonchev–Trinajstić information content (AvgIpc) is 2.51. The number of aromatic nitrogens is 1. The largest absolute Gasteiger partial charge is 0.469 e. The Bertz CT molecular complexity index is 631. The van der Waals surface area contributed by atoms with Gasteiger partial charge in [0.05, 0.1) is 13.0 Å². The van der Waals surface area contributed by atoms with E-state index >= 15 is 0 Å². The van der Waals surface area contributed by atoms with Crippen LogP contribution in [-0.2, 0) is 9.53 Å². The molecule has 1 atom stereocenters. The van der Waals surface area contributed by atoms with E-state index in [1.807, 2.05) is 37.3 Å². The van der Waals surface area contributed by atoms with Gasteiger partial charge in [0.2, 0.25) is 0 Å². The fourth-order valence-corrected chi connectivity index (χ4v) is 2.22. The zero-order valence-electron chi connectivity index (χ0n) is 11.6. The van der Waals surface area contributed by atoms with Crippen molar-refractivity contribution < 1.29 is 14.3 Å². The van der Waals surface area contributed by atoms with Crippen molar-refractivity contribution >= 4 is 22.5 Å². The first-order chi connectivity index (χ1) is 9.67. The molecule has 2 aromatic rings. The van der Waals surface area contributed by atoms with Gasteiger partial charge in [-0.25, -0.2) is 0 Å². The lowest BCUT2D eigenvalue weighted by atomic mass is 9.96. The molecule has 1 heterocycles. The molecular formula is C16H17NO3. The minimum Gasteiger partial charge on any atom is -0.469 e. The van der Waals surface area contributed by atoms with Crippen LogP contribution in [0.3, 0.4) is 0 Å². The summed E-state index contributed by atoms with van der Waals surface area (Å²) in [6.07, 6.45) is 2.32. The molecule has 0 saturated carbocycles. The van der Waals surface area contributed by atoms with Crippen LogP contribution in [0.25, 0.3) is 10.8 Å². The second-order valence-corrected chi connectivity index (χ2v) is 4.64. The predicted molar refractivity (Wildman–Crippen MR) is 76.5 cm³/mol. The van der Waals surface area contributed by atoms with Gasteiger partial charge in [0.1, 0.15) is 5.69 Å². The molecule has 0 aliphatic carbocycles. The van der Waals surface area contributed by atoms with E-state index in [9.17, 15) is 9.59 Å². The van der Waals surface area contributed by atoms with Crippen molar-refractivity contribution in [3.63, 3.8) is 0 Å². The van der Waals surface area contributed by atoms with Crippen molar-refractivity contribution in [3.05, 3.63) is 42.2 Å². The summed E-state index contributed by atoms with van der Waals surface area (Å²) in [7, 11) is 1.34. The average molecular weight is 271 g/mol. The number of fused-ring (bicyclic) bond motifs is 1. The molecule has 4 nitrogen and oxygen atoms in total. The van der Waals surface area contributed by atoms with Gasteiger partial charge < -0.3 is 4.74 Å². The Kier molecular flexibility index (Phi) is 4.45. The van der Waals surface area contributed by atoms with E-state index in [0.29, 0.717) is 12.1 Å². The van der Waals surface area contributed by atoms with E-state index in [1.165, 1.54) is 7.11 Å². The molecule has 4 heteroatoms. The molecule has 1 aromatic carbocycles. The number of benzene rings is 1. The quantitative estimate of drug-likeness (QED) is 0.619. The van der Waals surface area contributed by atoms with Crippen molar-refractivity contribution in [1.29, 1.82) is 0 Å². The molecular weight excluding hydrogens is 254 g/mol. The van der Waals surface area contributed by atoms with Crippen LogP contribution in [0.5, 0.6) is 0 Å². The molecule has 0 bridgehead atoms. The highest BCUT2D eigenvalue weighted by Crippen LogP contribution is 2.20. The fraction of sp³-hybridized carbons (Fsp3) is 0.312. The Labute approximate surface area is 117 Å². The lowest BCUT2D eigenvalue weighted by Crippen LogP contribution is -2.19. The molecule has 1 aromatic heterocycles. The first-order valence-corrected chi connectivity index (χ1v) is 6.62. The maximum absolute atomic E-state index is 12.4. The van der Waals surface area contributed by atoms with Gasteiger partial charge in [-0.15, -0.1) is 0 Å². The van der Waals surface area contributed by atoms with Crippen LogP contribution >= 0.6 is 0 Å². The summed E-state index contributed by atoms with van der Waals surface area (Å²) >= 11 is 0. The number of hydrogen-bond donors (Lipinski definition) is 0. The van der Waals surface area contributed by atoms with Crippen LogP contribution in [0, 0.1) is 5.92 Å². The summed E-state index contributed by atoms with van der Waals surface area (Å²) < 4.78 is 4.72. The smallest absolute Gasteiger partial charge is 0.309 e. The number of carbonyl (C=O) groups excluding carboxylic acids is 2. The normalized spacial score (nSPS) is 12.1. The molecule has 0 amide bonds. The van der Waals surface area contributed by atoms with Crippen LogP contribution in [0.2, 0.25) is 0 Å². The van der Waals surface area contributed by atoms with Gasteiger partial charge in [-0.1, -0.05) is 31.2 Å². The van der Waals surface area contributed by atoms with Gasteiger partial charge in [-0.2, -0.15) is 0 Å². The third-order valence-electron chi connectivity index (χ3n) is 3.40. The molecule has 0 radical (unpaired) electrons. The number of methoxy groups -OCH3 is 1. The number of pyridine rings is 1. The Balaban J connectivity index is 2.30. The molecule has 0 saturated heterocycles. The highest BCUT2D eigenvalue weighted by Gasteiger charge is 2.23. The lowest BCUT2D eigenvalue weighted by Gasteiger charge is -2.11. The number of ether oxygens (including phenoxy) is 1. The molecule has 0 N–H and O–H groups in total. The van der Waals surface area contributed by atoms with Gasteiger partial charge >= 0.3 is 5.97 Å². The molecule has 20 heavy (non-hydrogen) atoms. The number of esters is 1. The number of carbonyl (C=O) groups is 2. The Hall–Kier alpha value is -2.23. The second-order valence-electron chi connectivity index (χ2n) is 4.64. The van der Waals surface area contributed by atoms with Crippen molar-refractivity contribution in [2.24, 2.45) is 5.92 Å². The van der Waals surface area contributed by atoms with Gasteiger partial charge in [0.15, 0.2) is 5.78 Å². The number of Topliss-reactive ketones (excluding diaryl/α,β-unsaturated/α-hetero) is 1. The first-order valence-electron chi connectivity index (χ1n) is 6.62. The third kappa shape index (κ3) is 2.85. The minimum atomic E-state index is -0.409. The van der Waals surface area contributed by atoms with Crippen molar-refractivity contribution in [2.45, 2.75) is 19.8 Å². The standard InChI is InChI=1S/C16H17NO3/c1-3-11(16(19)20-2)10-14(18)15-13-7-5-4-6-12(13)8-9-17-15/h4-9,11H,3,10H2,1-2H3. The first kappa shape index (κ1) is 14.2. The maximum Gasteiger partial charge on any atom is 0.309 e. The molecule has 104 valence electrons. The van der Waals surface area contributed by atoms with E-state index in [-0.39, 0.29) is 18.2 Å². The second kappa shape index (κ2) is 6.28. The minimum absolute atomic E-state index is 0.126. The number of rotatable bonds is 5. The molecule has 0 aliphatic heterocycles. The SMILES string of the molecule is CCC(CC(=O)c1nccc2ccccc12)C(=O)OC. The molecule has 0 fully saturated rings. The monoisotopic (exact) mass is 271 g/mol. The molecule has 0 aliphatic rings. The van der Waals surface area contributed by atoms with Gasteiger partial charge in [-0.3, -0.25) is 14.6 Å². The van der Waals surface area contributed by atoms with E-state index in [0.717, 1.165) is 10.8 Å². The Morgan fingerprint density at radius 3 is 2.70 bits per heavy atom. The Morgan fingerprint density at radius 1 is 1.25 bits per heavy atom. The maximum atomic E-state index is 12.4. The summed E-state index contributed by atoms with van der Waals surface area (Å²) in [5.74, 6) is -0.881. The van der Waals surface area contributed by atoms with Crippen LogP contribution < -0.4 is 0 Å². The summed E-state index contributed by atoms with van der Waals surface area (Å²) in [5, 5.41) is 1.79. The van der Waals surface area contributed by atoms with Gasteiger partial charge in [-0.05, 0) is 17.9 Å². The van der Waals surface area contributed by atoms with Gasteiger partial charge in [0.25, 0.3) is 0 Å². The third-order valence-corrected chi connectivity index (χ3v) is 3.40. The van der Waals surface area contributed by atoms with Crippen molar-refractivity contribution in [1.82, 2.24) is 4.98 Å². The summed E-state index contributed by atoms with van der Waals surface area (Å²) in [6.45, 7) is 1.87. The number of hydrogen-bond acceptors (Lipinski definition) is 4. The Morgan fingerprint density at radius 2 is 2.00 bits per heavy atom. The number of nitrogens with zero attached hydrogens (tertiary/aromatic N) is 1. The highest BCUT2D eigenvalue weighted by atomic mass is 16.5. The summed E-state index contributed by atoms with van der Waals surface area (Å²) in [5.41, 5.74) is 0.422. The van der Waals surface area contributed by atoms with E-state index in [2.05, 4.69) is 4.98 Å². The van der Waals surface area contributed by atoms with Crippen LogP contribution in [0.1, 0.15) is 30.3 Å². The van der Waals surface area contributed by atoms with Crippen molar-refractivity contribution in [3.8, 4) is 0 Å². The number of ketones is 1. The van der Waals surface area contributed by atoms with Crippen LogP contribution in [0.4, 0.5) is 0 Å². The predicted octanol–water partition coefficient (Wildman–Crippen LogP) is 3.01. The summed E-state index contributed by atoms with van der Waals surface area (Å²) in [4.78, 5) is 28.1. The van der Waals surface area contributed by atoms with Crippen LogP contribution in [0.15, 0.2) is 36.5 Å². The summed E-state index contributed by atoms with van der Waals surface area (Å²) in [6, 6.07) is 9.46. The zero-order valence-corrected chi connectivity index (χ0v) is 11.6. The topological polar surface area (TPSA) is 56.3 Å². The highest BCUT2D eigenvalue weighted by molar-refractivity contribution is 6.07. The van der Waals surface area contributed by atoms with E-state index < -0.39 is 5.92 Å². The zero-order chi connectivity index (χ0) is 14.5. The van der Waals surface area contributed by atoms with E-state index in [1.54, 1.807) is 6.20 Å².